The van der Waals surface area contributed by atoms with E-state index in [-0.39, 0.29) is 12.2 Å². The van der Waals surface area contributed by atoms with Gasteiger partial charge in [0.1, 0.15) is 6.61 Å². The number of benzene rings is 1. The average molecular weight is 393 g/mol. The molecule has 0 radical (unpaired) electrons. The number of ether oxygens (including phenoxy) is 1. The zero-order chi connectivity index (χ0) is 19.7. The summed E-state index contributed by atoms with van der Waals surface area (Å²) >= 11 is 1.36. The molecule has 6 nitrogen and oxygen atoms in total. The van der Waals surface area contributed by atoms with Crippen LogP contribution in [-0.2, 0) is 17.9 Å². The molecule has 0 saturated heterocycles. The third-order valence-electron chi connectivity index (χ3n) is 4.68. The molecule has 28 heavy (non-hydrogen) atoms. The second kappa shape index (κ2) is 7.44. The van der Waals surface area contributed by atoms with Gasteiger partial charge in [-0.25, -0.2) is 9.78 Å². The van der Waals surface area contributed by atoms with Gasteiger partial charge in [0.2, 0.25) is 0 Å². The molecule has 0 aliphatic carbocycles. The fourth-order valence-electron chi connectivity index (χ4n) is 3.20. The lowest BCUT2D eigenvalue weighted by Crippen LogP contribution is -2.15. The Balaban J connectivity index is 1.51. The van der Waals surface area contributed by atoms with E-state index in [0.29, 0.717) is 22.8 Å². The zero-order valence-corrected chi connectivity index (χ0v) is 16.4. The van der Waals surface area contributed by atoms with E-state index in [1.54, 1.807) is 11.6 Å². The van der Waals surface area contributed by atoms with E-state index in [4.69, 9.17) is 4.74 Å². The molecule has 0 N–H and O–H groups in total. The highest BCUT2D eigenvalue weighted by molar-refractivity contribution is 7.15. The van der Waals surface area contributed by atoms with Crippen LogP contribution in [0, 0.1) is 13.8 Å². The van der Waals surface area contributed by atoms with Crippen molar-refractivity contribution in [2.75, 3.05) is 0 Å². The van der Waals surface area contributed by atoms with Crippen molar-refractivity contribution in [3.63, 3.8) is 0 Å². The molecule has 142 valence electrons. The summed E-state index contributed by atoms with van der Waals surface area (Å²) in [5.41, 5.74) is 3.80. The van der Waals surface area contributed by atoms with Gasteiger partial charge in [-0.05, 0) is 25.5 Å². The first kappa shape index (κ1) is 18.2. The summed E-state index contributed by atoms with van der Waals surface area (Å²) in [6.45, 7) is 4.54. The van der Waals surface area contributed by atoms with Crippen LogP contribution in [0.25, 0.3) is 4.96 Å². The summed E-state index contributed by atoms with van der Waals surface area (Å²) in [5.74, 6) is -0.416. The predicted molar refractivity (Wildman–Crippen MR) is 108 cm³/mol. The van der Waals surface area contributed by atoms with Crippen molar-refractivity contribution >= 4 is 22.3 Å². The van der Waals surface area contributed by atoms with Gasteiger partial charge < -0.3 is 9.30 Å². The van der Waals surface area contributed by atoms with Crippen LogP contribution in [0.3, 0.4) is 0 Å². The molecule has 0 spiro atoms. The monoisotopic (exact) mass is 393 g/mol. The molecule has 3 heterocycles. The van der Waals surface area contributed by atoms with Crippen LogP contribution in [0.1, 0.15) is 33.0 Å². The zero-order valence-electron chi connectivity index (χ0n) is 15.6. The number of carbonyl (C=O) groups is 1. The third kappa shape index (κ3) is 3.48. The Morgan fingerprint density at radius 2 is 1.96 bits per heavy atom. The Hall–Kier alpha value is -3.19. The molecule has 7 heteroatoms. The van der Waals surface area contributed by atoms with Crippen LogP contribution in [0.5, 0.6) is 0 Å². The summed E-state index contributed by atoms with van der Waals surface area (Å²) in [6, 6.07) is 13.3. The van der Waals surface area contributed by atoms with Gasteiger partial charge in [0.25, 0.3) is 5.56 Å². The number of thiazole rings is 1. The quantitative estimate of drug-likeness (QED) is 0.486. The number of aryl methyl sites for hydroxylation is 1. The second-order valence-electron chi connectivity index (χ2n) is 6.57. The lowest BCUT2D eigenvalue weighted by atomic mass is 10.2. The van der Waals surface area contributed by atoms with Gasteiger partial charge in [0.15, 0.2) is 4.96 Å². The van der Waals surface area contributed by atoms with E-state index in [1.165, 1.54) is 21.8 Å². The smallest absolute Gasteiger partial charge is 0.340 e. The highest BCUT2D eigenvalue weighted by Gasteiger charge is 2.18. The van der Waals surface area contributed by atoms with Crippen molar-refractivity contribution in [1.82, 2.24) is 14.0 Å². The lowest BCUT2D eigenvalue weighted by molar-refractivity contribution is 0.0467. The van der Waals surface area contributed by atoms with E-state index in [0.717, 1.165) is 17.0 Å². The molecule has 1 aromatic carbocycles. The number of hydrogen-bond acceptors (Lipinski definition) is 5. The van der Waals surface area contributed by atoms with Crippen LogP contribution < -0.4 is 5.56 Å². The van der Waals surface area contributed by atoms with Crippen molar-refractivity contribution in [2.45, 2.75) is 27.0 Å². The maximum Gasteiger partial charge on any atom is 0.340 e. The molecule has 0 fully saturated rings. The molecule has 4 rings (SSSR count). The molecule has 0 bridgehead atoms. The first-order chi connectivity index (χ1) is 13.5. The standard InChI is InChI=1S/C21H19N3O3S/c1-14-10-18(15(2)24(14)12-16-6-4-3-5-7-16)20(26)27-13-17-11-19(25)23-8-9-28-21(23)22-17/h3-11H,12-13H2,1-2H3. The van der Waals surface area contributed by atoms with Crippen LogP contribution >= 0.6 is 11.3 Å². The van der Waals surface area contributed by atoms with Crippen molar-refractivity contribution in [3.8, 4) is 0 Å². The Kier molecular flexibility index (Phi) is 4.83. The second-order valence-corrected chi connectivity index (χ2v) is 7.45. The number of esters is 1. The first-order valence-corrected chi connectivity index (χ1v) is 9.74. The van der Waals surface area contributed by atoms with E-state index in [2.05, 4.69) is 21.7 Å². The maximum atomic E-state index is 12.6. The third-order valence-corrected chi connectivity index (χ3v) is 5.44. The minimum atomic E-state index is -0.416. The first-order valence-electron chi connectivity index (χ1n) is 8.86. The van der Waals surface area contributed by atoms with Crippen molar-refractivity contribution in [3.05, 3.63) is 92.6 Å². The summed E-state index contributed by atoms with van der Waals surface area (Å²) in [5, 5.41) is 1.79. The van der Waals surface area contributed by atoms with Crippen molar-refractivity contribution in [1.29, 1.82) is 0 Å². The lowest BCUT2D eigenvalue weighted by Gasteiger charge is -2.10. The van der Waals surface area contributed by atoms with Gasteiger partial charge in [0.05, 0.1) is 11.3 Å². The Morgan fingerprint density at radius 3 is 2.75 bits per heavy atom. The SMILES string of the molecule is Cc1cc(C(=O)OCc2cc(=O)n3ccsc3n2)c(C)n1Cc1ccccc1. The number of carbonyl (C=O) groups excluding carboxylic acids is 1. The van der Waals surface area contributed by atoms with Crippen molar-refractivity contribution < 1.29 is 9.53 Å². The van der Waals surface area contributed by atoms with E-state index in [1.807, 2.05) is 38.1 Å². The minimum Gasteiger partial charge on any atom is -0.456 e. The Bertz CT molecular complexity index is 1200. The molecule has 0 saturated carbocycles. The number of aromatic nitrogens is 3. The number of nitrogens with zero attached hydrogens (tertiary/aromatic N) is 3. The number of hydrogen-bond donors (Lipinski definition) is 0. The van der Waals surface area contributed by atoms with Gasteiger partial charge >= 0.3 is 5.97 Å². The van der Waals surface area contributed by atoms with E-state index >= 15 is 0 Å². The van der Waals surface area contributed by atoms with Gasteiger partial charge in [-0.15, -0.1) is 11.3 Å². The Labute approximate surface area is 165 Å². The molecule has 0 atom stereocenters. The topological polar surface area (TPSA) is 65.6 Å². The number of rotatable bonds is 5. The highest BCUT2D eigenvalue weighted by Crippen LogP contribution is 2.19. The fraction of sp³-hybridized carbons (Fsp3) is 0.190. The fourth-order valence-corrected chi connectivity index (χ4v) is 3.93. The minimum absolute atomic E-state index is 0.0369. The van der Waals surface area contributed by atoms with Crippen LogP contribution in [-0.4, -0.2) is 19.9 Å². The summed E-state index contributed by atoms with van der Waals surface area (Å²) in [4.78, 5) is 29.6. The summed E-state index contributed by atoms with van der Waals surface area (Å²) in [7, 11) is 0. The van der Waals surface area contributed by atoms with Crippen molar-refractivity contribution in [2.24, 2.45) is 0 Å². The normalized spacial score (nSPS) is 11.1. The van der Waals surface area contributed by atoms with Crippen LogP contribution in [0.2, 0.25) is 0 Å². The molecular formula is C21H19N3O3S. The van der Waals surface area contributed by atoms with Gasteiger partial charge in [-0.1, -0.05) is 30.3 Å². The largest absolute Gasteiger partial charge is 0.456 e. The van der Waals surface area contributed by atoms with Gasteiger partial charge in [-0.3, -0.25) is 9.20 Å². The van der Waals surface area contributed by atoms with Crippen LogP contribution in [0.4, 0.5) is 0 Å². The molecule has 0 amide bonds. The van der Waals surface area contributed by atoms with Gasteiger partial charge in [-0.2, -0.15) is 0 Å². The molecule has 3 aromatic heterocycles. The molecule has 4 aromatic rings. The summed E-state index contributed by atoms with van der Waals surface area (Å²) < 4.78 is 8.99. The average Bonchev–Trinajstić information content (AvgIpc) is 3.27. The van der Waals surface area contributed by atoms with Gasteiger partial charge in [0, 0.05) is 35.6 Å². The Morgan fingerprint density at radius 1 is 1.18 bits per heavy atom. The predicted octanol–water partition coefficient (Wildman–Crippen LogP) is 3.58. The highest BCUT2D eigenvalue weighted by atomic mass is 32.1. The van der Waals surface area contributed by atoms with E-state index in [9.17, 15) is 9.59 Å². The molecule has 0 unspecified atom stereocenters. The molecule has 0 aliphatic rings. The molecule has 0 aliphatic heterocycles. The van der Waals surface area contributed by atoms with E-state index < -0.39 is 5.97 Å². The summed E-state index contributed by atoms with van der Waals surface area (Å²) in [6.07, 6.45) is 1.67. The molecular weight excluding hydrogens is 374 g/mol. The number of fused-ring (bicyclic) bond motifs is 1. The van der Waals surface area contributed by atoms with Crippen LogP contribution in [0.15, 0.2) is 58.8 Å². The maximum absolute atomic E-state index is 12.6.